The Bertz CT molecular complexity index is 557. The third-order valence-corrected chi connectivity index (χ3v) is 3.95. The van der Waals surface area contributed by atoms with E-state index < -0.39 is 0 Å². The Kier molecular flexibility index (Phi) is 5.07. The molecule has 0 unspecified atom stereocenters. The standard InChI is InChI=1S/C16H22N2O2S/c1-11(2)9-17-16(21)18-6-5-12-7-14(19-3)15(20-4)8-13(12)10-18/h7-8H,1,5-6,9-10H2,2-4H3,(H,17,21). The van der Waals surface area contributed by atoms with Gasteiger partial charge in [0.05, 0.1) is 14.2 Å². The number of ether oxygens (including phenoxy) is 2. The number of benzene rings is 1. The highest BCUT2D eigenvalue weighted by molar-refractivity contribution is 7.80. The smallest absolute Gasteiger partial charge is 0.169 e. The average Bonchev–Trinajstić information content (AvgIpc) is 2.50. The van der Waals surface area contributed by atoms with E-state index in [0.717, 1.165) is 41.7 Å². The van der Waals surface area contributed by atoms with E-state index in [-0.39, 0.29) is 0 Å². The van der Waals surface area contributed by atoms with Gasteiger partial charge in [-0.25, -0.2) is 0 Å². The van der Waals surface area contributed by atoms with Gasteiger partial charge in [-0.1, -0.05) is 12.2 Å². The summed E-state index contributed by atoms with van der Waals surface area (Å²) in [6.45, 7) is 8.28. The third kappa shape index (κ3) is 3.67. The van der Waals surface area contributed by atoms with Crippen molar-refractivity contribution in [1.82, 2.24) is 10.2 Å². The summed E-state index contributed by atoms with van der Waals surface area (Å²) in [5, 5.41) is 4.01. The van der Waals surface area contributed by atoms with Crippen LogP contribution in [0.1, 0.15) is 18.1 Å². The van der Waals surface area contributed by atoms with E-state index >= 15 is 0 Å². The first-order valence-electron chi connectivity index (χ1n) is 6.96. The summed E-state index contributed by atoms with van der Waals surface area (Å²) >= 11 is 5.45. The summed E-state index contributed by atoms with van der Waals surface area (Å²) in [5.74, 6) is 1.55. The Morgan fingerprint density at radius 3 is 2.48 bits per heavy atom. The minimum Gasteiger partial charge on any atom is -0.493 e. The van der Waals surface area contributed by atoms with E-state index in [4.69, 9.17) is 21.7 Å². The first-order valence-corrected chi connectivity index (χ1v) is 7.37. The van der Waals surface area contributed by atoms with E-state index in [2.05, 4.69) is 22.9 Å². The molecule has 1 N–H and O–H groups in total. The molecule has 1 heterocycles. The van der Waals surface area contributed by atoms with Gasteiger partial charge >= 0.3 is 0 Å². The predicted octanol–water partition coefficient (Wildman–Crippen LogP) is 2.51. The van der Waals surface area contributed by atoms with Crippen LogP contribution in [-0.2, 0) is 13.0 Å². The van der Waals surface area contributed by atoms with Crippen molar-refractivity contribution in [3.05, 3.63) is 35.4 Å². The molecule has 1 aromatic rings. The molecule has 0 aromatic heterocycles. The second kappa shape index (κ2) is 6.80. The molecule has 0 amide bonds. The Hall–Kier alpha value is -1.75. The minimum atomic E-state index is 0.716. The summed E-state index contributed by atoms with van der Waals surface area (Å²) in [6, 6.07) is 4.11. The number of nitrogens with zero attached hydrogens (tertiary/aromatic N) is 1. The van der Waals surface area contributed by atoms with Crippen molar-refractivity contribution in [2.24, 2.45) is 0 Å². The van der Waals surface area contributed by atoms with Crippen LogP contribution in [0, 0.1) is 0 Å². The molecule has 4 nitrogen and oxygen atoms in total. The Morgan fingerprint density at radius 2 is 1.90 bits per heavy atom. The molecular formula is C16H22N2O2S. The van der Waals surface area contributed by atoms with Crippen molar-refractivity contribution >= 4 is 17.3 Å². The number of rotatable bonds is 4. The number of fused-ring (bicyclic) bond motifs is 1. The maximum absolute atomic E-state index is 5.45. The van der Waals surface area contributed by atoms with E-state index in [0.29, 0.717) is 6.54 Å². The van der Waals surface area contributed by atoms with E-state index in [1.807, 2.05) is 13.0 Å². The van der Waals surface area contributed by atoms with Gasteiger partial charge in [-0.2, -0.15) is 0 Å². The normalized spacial score (nSPS) is 13.4. The molecule has 1 aromatic carbocycles. The fourth-order valence-corrected chi connectivity index (χ4v) is 2.62. The van der Waals surface area contributed by atoms with Gasteiger partial charge in [0.25, 0.3) is 0 Å². The topological polar surface area (TPSA) is 33.7 Å². The molecule has 2 rings (SSSR count). The van der Waals surface area contributed by atoms with Crippen LogP contribution in [0.25, 0.3) is 0 Å². The first kappa shape index (κ1) is 15.6. The minimum absolute atomic E-state index is 0.716. The molecule has 0 spiro atoms. The first-order chi connectivity index (χ1) is 10.0. The zero-order valence-electron chi connectivity index (χ0n) is 12.9. The molecule has 0 radical (unpaired) electrons. The fraction of sp³-hybridized carbons (Fsp3) is 0.438. The Morgan fingerprint density at radius 1 is 1.29 bits per heavy atom. The van der Waals surface area contributed by atoms with Crippen LogP contribution < -0.4 is 14.8 Å². The molecular weight excluding hydrogens is 284 g/mol. The zero-order valence-corrected chi connectivity index (χ0v) is 13.7. The largest absolute Gasteiger partial charge is 0.493 e. The molecule has 21 heavy (non-hydrogen) atoms. The summed E-state index contributed by atoms with van der Waals surface area (Å²) in [7, 11) is 3.32. The number of hydrogen-bond acceptors (Lipinski definition) is 3. The molecule has 114 valence electrons. The number of methoxy groups -OCH3 is 2. The van der Waals surface area contributed by atoms with Crippen molar-refractivity contribution in [2.75, 3.05) is 27.3 Å². The van der Waals surface area contributed by atoms with Gasteiger partial charge in [0.1, 0.15) is 0 Å². The molecule has 1 aliphatic rings. The molecule has 0 saturated carbocycles. The van der Waals surface area contributed by atoms with E-state index in [1.54, 1.807) is 14.2 Å². The maximum atomic E-state index is 5.45. The second-order valence-electron chi connectivity index (χ2n) is 5.26. The predicted molar refractivity (Wildman–Crippen MR) is 89.1 cm³/mol. The summed E-state index contributed by atoms with van der Waals surface area (Å²) in [5.41, 5.74) is 3.60. The van der Waals surface area contributed by atoms with Gasteiger partial charge in [-0.05, 0) is 48.8 Å². The summed E-state index contributed by atoms with van der Waals surface area (Å²) < 4.78 is 10.7. The van der Waals surface area contributed by atoms with Gasteiger partial charge in [0.2, 0.25) is 0 Å². The van der Waals surface area contributed by atoms with Crippen LogP contribution in [0.3, 0.4) is 0 Å². The van der Waals surface area contributed by atoms with Crippen LogP contribution in [0.4, 0.5) is 0 Å². The molecule has 0 fully saturated rings. The van der Waals surface area contributed by atoms with Crippen molar-refractivity contribution in [3.63, 3.8) is 0 Å². The lowest BCUT2D eigenvalue weighted by molar-refractivity contribution is 0.347. The molecule has 0 atom stereocenters. The van der Waals surface area contributed by atoms with Crippen molar-refractivity contribution in [2.45, 2.75) is 19.9 Å². The van der Waals surface area contributed by atoms with E-state index in [9.17, 15) is 0 Å². The highest BCUT2D eigenvalue weighted by atomic mass is 32.1. The van der Waals surface area contributed by atoms with Crippen LogP contribution in [0.5, 0.6) is 11.5 Å². The quantitative estimate of drug-likeness (QED) is 0.683. The SMILES string of the molecule is C=C(C)CNC(=S)N1CCc2cc(OC)c(OC)cc2C1. The van der Waals surface area contributed by atoms with Crippen molar-refractivity contribution in [1.29, 1.82) is 0 Å². The van der Waals surface area contributed by atoms with Gasteiger partial charge in [-0.15, -0.1) is 0 Å². The Balaban J connectivity index is 2.12. The van der Waals surface area contributed by atoms with Crippen molar-refractivity contribution in [3.8, 4) is 11.5 Å². The number of nitrogens with one attached hydrogen (secondary N) is 1. The molecule has 0 bridgehead atoms. The average molecular weight is 306 g/mol. The summed E-state index contributed by atoms with van der Waals surface area (Å²) in [4.78, 5) is 2.17. The molecule has 5 heteroatoms. The highest BCUT2D eigenvalue weighted by Crippen LogP contribution is 2.33. The number of thiocarbonyl (C=S) groups is 1. The van der Waals surface area contributed by atoms with Crippen LogP contribution in [0.15, 0.2) is 24.3 Å². The zero-order chi connectivity index (χ0) is 15.4. The summed E-state index contributed by atoms with van der Waals surface area (Å²) in [6.07, 6.45) is 0.949. The van der Waals surface area contributed by atoms with Gasteiger partial charge in [-0.3, -0.25) is 0 Å². The molecule has 0 saturated heterocycles. The van der Waals surface area contributed by atoms with E-state index in [1.165, 1.54) is 11.1 Å². The lowest BCUT2D eigenvalue weighted by atomic mass is 9.99. The van der Waals surface area contributed by atoms with Gasteiger partial charge < -0.3 is 19.7 Å². The second-order valence-corrected chi connectivity index (χ2v) is 5.65. The van der Waals surface area contributed by atoms with Crippen LogP contribution in [-0.4, -0.2) is 37.3 Å². The lowest BCUT2D eigenvalue weighted by Gasteiger charge is -2.31. The third-order valence-electron chi connectivity index (χ3n) is 3.55. The maximum Gasteiger partial charge on any atom is 0.169 e. The monoisotopic (exact) mass is 306 g/mol. The lowest BCUT2D eigenvalue weighted by Crippen LogP contribution is -2.43. The Labute approximate surface area is 131 Å². The van der Waals surface area contributed by atoms with Crippen LogP contribution >= 0.6 is 12.2 Å². The van der Waals surface area contributed by atoms with Crippen LogP contribution in [0.2, 0.25) is 0 Å². The fourth-order valence-electron chi connectivity index (χ4n) is 2.39. The number of hydrogen-bond donors (Lipinski definition) is 1. The molecule has 0 aliphatic carbocycles. The highest BCUT2D eigenvalue weighted by Gasteiger charge is 2.20. The molecule has 1 aliphatic heterocycles. The van der Waals surface area contributed by atoms with Crippen molar-refractivity contribution < 1.29 is 9.47 Å². The van der Waals surface area contributed by atoms with Gasteiger partial charge in [0, 0.05) is 19.6 Å². The van der Waals surface area contributed by atoms with Gasteiger partial charge in [0.15, 0.2) is 16.6 Å².